The molecule has 1 aromatic heterocycles. The van der Waals surface area contributed by atoms with Crippen molar-refractivity contribution in [3.05, 3.63) is 58.1 Å². The van der Waals surface area contributed by atoms with Crippen LogP contribution in [0.4, 0.5) is 5.69 Å². The molecule has 4 heteroatoms. The highest BCUT2D eigenvalue weighted by Gasteiger charge is 2.12. The minimum atomic E-state index is -0.579. The second kappa shape index (κ2) is 4.87. The fourth-order valence-corrected chi connectivity index (χ4v) is 1.68. The second-order valence-electron chi connectivity index (χ2n) is 3.94. The first kappa shape index (κ1) is 12.1. The molecule has 1 aromatic carbocycles. The molecule has 0 saturated heterocycles. The molecule has 0 radical (unpaired) electrons. The lowest BCUT2D eigenvalue weighted by Gasteiger charge is -2.03. The van der Waals surface area contributed by atoms with Gasteiger partial charge in [0.15, 0.2) is 0 Å². The van der Waals surface area contributed by atoms with E-state index in [1.54, 1.807) is 13.8 Å². The molecule has 92 valence electrons. The van der Waals surface area contributed by atoms with Crippen LogP contribution < -0.4 is 5.63 Å². The first-order valence-electron chi connectivity index (χ1n) is 5.52. The number of aromatic hydroxyl groups is 1. The van der Waals surface area contributed by atoms with Gasteiger partial charge in [-0.3, -0.25) is 4.99 Å². The predicted octanol–water partition coefficient (Wildman–Crippen LogP) is 2.79. The Kier molecular flexibility index (Phi) is 3.28. The minimum Gasteiger partial charge on any atom is -0.507 e. The molecular weight excluding hydrogens is 230 g/mol. The fraction of sp³-hybridized carbons (Fsp3) is 0.143. The number of hydrogen-bond acceptors (Lipinski definition) is 4. The third-order valence-corrected chi connectivity index (χ3v) is 2.47. The average Bonchev–Trinajstić information content (AvgIpc) is 2.28. The van der Waals surface area contributed by atoms with E-state index in [0.29, 0.717) is 11.5 Å². The van der Waals surface area contributed by atoms with Crippen LogP contribution in [0.1, 0.15) is 18.2 Å². The van der Waals surface area contributed by atoms with Crippen molar-refractivity contribution in [2.24, 2.45) is 4.99 Å². The summed E-state index contributed by atoms with van der Waals surface area (Å²) in [6, 6.07) is 10.6. The summed E-state index contributed by atoms with van der Waals surface area (Å²) in [5.41, 5.74) is 0.663. The van der Waals surface area contributed by atoms with Crippen LogP contribution in [-0.4, -0.2) is 10.8 Å². The quantitative estimate of drug-likeness (QED) is 0.825. The standard InChI is InChI=1S/C14H13NO3/c1-9-8-12(16)13(14(17)18-9)10(2)15-11-6-4-3-5-7-11/h3-8,16H,1-2H3. The molecule has 0 fully saturated rings. The third kappa shape index (κ3) is 2.48. The largest absolute Gasteiger partial charge is 0.507 e. The Balaban J connectivity index is 2.50. The number of aliphatic imine (C=N–C) groups is 1. The highest BCUT2D eigenvalue weighted by molar-refractivity contribution is 6.01. The molecule has 0 amide bonds. The Bertz CT molecular complexity index is 642. The fourth-order valence-electron chi connectivity index (χ4n) is 1.68. The number of aryl methyl sites for hydroxylation is 1. The van der Waals surface area contributed by atoms with E-state index in [1.165, 1.54) is 6.07 Å². The van der Waals surface area contributed by atoms with Gasteiger partial charge in [0.1, 0.15) is 17.1 Å². The zero-order valence-corrected chi connectivity index (χ0v) is 10.2. The number of nitrogens with zero attached hydrogens (tertiary/aromatic N) is 1. The van der Waals surface area contributed by atoms with Crippen molar-refractivity contribution >= 4 is 11.4 Å². The van der Waals surface area contributed by atoms with Gasteiger partial charge in [0.25, 0.3) is 0 Å². The number of rotatable bonds is 2. The normalized spacial score (nSPS) is 11.6. The summed E-state index contributed by atoms with van der Waals surface area (Å²) in [4.78, 5) is 16.0. The van der Waals surface area contributed by atoms with Crippen LogP contribution in [-0.2, 0) is 0 Å². The van der Waals surface area contributed by atoms with Crippen molar-refractivity contribution in [2.45, 2.75) is 13.8 Å². The molecule has 1 heterocycles. The molecule has 0 aliphatic rings. The summed E-state index contributed by atoms with van der Waals surface area (Å²) < 4.78 is 4.95. The topological polar surface area (TPSA) is 62.8 Å². The summed E-state index contributed by atoms with van der Waals surface area (Å²) in [6.45, 7) is 3.27. The summed E-state index contributed by atoms with van der Waals surface area (Å²) in [5, 5.41) is 9.78. The number of benzene rings is 1. The Morgan fingerprint density at radius 2 is 1.94 bits per heavy atom. The Morgan fingerprint density at radius 1 is 1.28 bits per heavy atom. The maximum absolute atomic E-state index is 11.7. The van der Waals surface area contributed by atoms with Crippen molar-refractivity contribution < 1.29 is 9.52 Å². The van der Waals surface area contributed by atoms with Crippen LogP contribution in [0.2, 0.25) is 0 Å². The molecule has 0 aliphatic heterocycles. The van der Waals surface area contributed by atoms with Gasteiger partial charge in [-0.05, 0) is 26.0 Å². The lowest BCUT2D eigenvalue weighted by molar-refractivity contribution is 0.432. The molecular formula is C14H13NO3. The zero-order chi connectivity index (χ0) is 13.1. The van der Waals surface area contributed by atoms with Crippen LogP contribution in [0.3, 0.4) is 0 Å². The monoisotopic (exact) mass is 243 g/mol. The van der Waals surface area contributed by atoms with Gasteiger partial charge in [0.05, 0.1) is 11.4 Å². The molecule has 2 aromatic rings. The Hall–Kier alpha value is -2.36. The molecule has 1 N–H and O–H groups in total. The van der Waals surface area contributed by atoms with E-state index in [-0.39, 0.29) is 11.3 Å². The maximum atomic E-state index is 11.7. The smallest absolute Gasteiger partial charge is 0.348 e. The third-order valence-electron chi connectivity index (χ3n) is 2.47. The van der Waals surface area contributed by atoms with Gasteiger partial charge in [-0.2, -0.15) is 0 Å². The lowest BCUT2D eigenvalue weighted by atomic mass is 10.1. The van der Waals surface area contributed by atoms with E-state index in [9.17, 15) is 9.90 Å². The predicted molar refractivity (Wildman–Crippen MR) is 69.7 cm³/mol. The van der Waals surface area contributed by atoms with Gasteiger partial charge in [-0.1, -0.05) is 18.2 Å². The summed E-state index contributed by atoms with van der Waals surface area (Å²) >= 11 is 0. The molecule has 2 rings (SSSR count). The molecule has 0 spiro atoms. The van der Waals surface area contributed by atoms with Crippen LogP contribution in [0.5, 0.6) is 5.75 Å². The highest BCUT2D eigenvalue weighted by atomic mass is 16.4. The van der Waals surface area contributed by atoms with E-state index in [1.807, 2.05) is 30.3 Å². The van der Waals surface area contributed by atoms with Crippen LogP contribution in [0.15, 0.2) is 50.6 Å². The molecule has 0 atom stereocenters. The Morgan fingerprint density at radius 3 is 2.56 bits per heavy atom. The van der Waals surface area contributed by atoms with Crippen molar-refractivity contribution in [1.82, 2.24) is 0 Å². The summed E-state index contributed by atoms with van der Waals surface area (Å²) in [5.74, 6) is 0.259. The SMILES string of the molecule is CC(=Nc1ccccc1)c1c(O)cc(C)oc1=O. The van der Waals surface area contributed by atoms with Gasteiger partial charge in [0.2, 0.25) is 0 Å². The van der Waals surface area contributed by atoms with E-state index < -0.39 is 5.63 Å². The van der Waals surface area contributed by atoms with E-state index in [4.69, 9.17) is 4.42 Å². The van der Waals surface area contributed by atoms with E-state index >= 15 is 0 Å². The average molecular weight is 243 g/mol. The van der Waals surface area contributed by atoms with Gasteiger partial charge >= 0.3 is 5.63 Å². The van der Waals surface area contributed by atoms with Gasteiger partial charge in [-0.15, -0.1) is 0 Å². The molecule has 0 unspecified atom stereocenters. The van der Waals surface area contributed by atoms with Crippen LogP contribution in [0.25, 0.3) is 0 Å². The zero-order valence-electron chi connectivity index (χ0n) is 10.2. The molecule has 0 aliphatic carbocycles. The first-order valence-corrected chi connectivity index (χ1v) is 5.52. The molecule has 0 saturated carbocycles. The van der Waals surface area contributed by atoms with Crippen LogP contribution >= 0.6 is 0 Å². The minimum absolute atomic E-state index is 0.101. The Labute approximate surface area is 104 Å². The van der Waals surface area contributed by atoms with Crippen molar-refractivity contribution in [1.29, 1.82) is 0 Å². The van der Waals surface area contributed by atoms with Gasteiger partial charge < -0.3 is 9.52 Å². The van der Waals surface area contributed by atoms with Crippen molar-refractivity contribution in [3.8, 4) is 5.75 Å². The van der Waals surface area contributed by atoms with Crippen molar-refractivity contribution in [2.75, 3.05) is 0 Å². The van der Waals surface area contributed by atoms with Crippen LogP contribution in [0, 0.1) is 6.92 Å². The number of para-hydroxylation sites is 1. The maximum Gasteiger partial charge on any atom is 0.348 e. The molecule has 4 nitrogen and oxygen atoms in total. The highest BCUT2D eigenvalue weighted by Crippen LogP contribution is 2.18. The lowest BCUT2D eigenvalue weighted by Crippen LogP contribution is -2.12. The van der Waals surface area contributed by atoms with Gasteiger partial charge in [0, 0.05) is 6.07 Å². The molecule has 18 heavy (non-hydrogen) atoms. The first-order chi connectivity index (χ1) is 8.58. The number of hydrogen-bond donors (Lipinski definition) is 1. The molecule has 0 bridgehead atoms. The van der Waals surface area contributed by atoms with Crippen molar-refractivity contribution in [3.63, 3.8) is 0 Å². The van der Waals surface area contributed by atoms with E-state index in [2.05, 4.69) is 4.99 Å². The van der Waals surface area contributed by atoms with E-state index in [0.717, 1.165) is 5.69 Å². The second-order valence-corrected chi connectivity index (χ2v) is 3.94. The van der Waals surface area contributed by atoms with Gasteiger partial charge in [-0.25, -0.2) is 4.79 Å². The summed E-state index contributed by atoms with van der Waals surface area (Å²) in [7, 11) is 0. The summed E-state index contributed by atoms with van der Waals surface area (Å²) in [6.07, 6.45) is 0.